The minimum absolute atomic E-state index is 0.372. The van der Waals surface area contributed by atoms with Crippen molar-refractivity contribution in [2.45, 2.75) is 11.2 Å². The van der Waals surface area contributed by atoms with Gasteiger partial charge in [-0.25, -0.2) is 0 Å². The lowest BCUT2D eigenvalue weighted by atomic mass is 9.92. The Labute approximate surface area is 158 Å². The van der Waals surface area contributed by atoms with Crippen molar-refractivity contribution in [1.82, 2.24) is 0 Å². The van der Waals surface area contributed by atoms with Gasteiger partial charge in [0.25, 0.3) is 0 Å². The van der Waals surface area contributed by atoms with E-state index in [1.807, 2.05) is 42.1 Å². The Morgan fingerprint density at radius 3 is 2.23 bits per heavy atom. The average Bonchev–Trinajstić information content (AvgIpc) is 3.19. The highest BCUT2D eigenvalue weighted by Gasteiger charge is 2.26. The fraction of sp³-hybridized carbons (Fsp3) is 0.130. The van der Waals surface area contributed by atoms with Gasteiger partial charge in [-0.15, -0.1) is 11.8 Å². The monoisotopic (exact) mass is 360 g/mol. The molecule has 0 spiro atoms. The molecule has 4 rings (SSSR count). The van der Waals surface area contributed by atoms with E-state index >= 15 is 0 Å². The van der Waals surface area contributed by atoms with Crippen molar-refractivity contribution in [3.05, 3.63) is 101 Å². The maximum absolute atomic E-state index is 6.03. The molecule has 2 nitrogen and oxygen atoms in total. The molecule has 1 aliphatic heterocycles. The van der Waals surface area contributed by atoms with Gasteiger partial charge in [-0.1, -0.05) is 48.5 Å². The Hall–Kier alpha value is -2.65. The summed E-state index contributed by atoms with van der Waals surface area (Å²) in [6.45, 7) is 0. The molecule has 2 unspecified atom stereocenters. The van der Waals surface area contributed by atoms with Crippen LogP contribution in [-0.4, -0.2) is 7.11 Å². The normalized spacial score (nSPS) is 18.7. The van der Waals surface area contributed by atoms with E-state index in [0.29, 0.717) is 11.2 Å². The number of ether oxygens (including phenoxy) is 2. The van der Waals surface area contributed by atoms with E-state index in [2.05, 4.69) is 60.0 Å². The molecule has 0 saturated carbocycles. The van der Waals surface area contributed by atoms with E-state index in [1.54, 1.807) is 7.11 Å². The fourth-order valence-electron chi connectivity index (χ4n) is 3.18. The lowest BCUT2D eigenvalue weighted by molar-refractivity contribution is 0.413. The predicted octanol–water partition coefficient (Wildman–Crippen LogP) is 6.57. The second kappa shape index (κ2) is 7.71. The summed E-state index contributed by atoms with van der Waals surface area (Å²) in [5.74, 6) is 2.87. The summed E-state index contributed by atoms with van der Waals surface area (Å²) in [6.07, 6.45) is 2.29. The van der Waals surface area contributed by atoms with Gasteiger partial charge in [-0.3, -0.25) is 0 Å². The fourth-order valence-corrected chi connectivity index (χ4v) is 4.33. The molecule has 0 amide bonds. The van der Waals surface area contributed by atoms with Crippen LogP contribution in [0.15, 0.2) is 90.3 Å². The summed E-state index contributed by atoms with van der Waals surface area (Å²) in [6, 6.07) is 26.7. The zero-order valence-corrected chi connectivity index (χ0v) is 15.4. The zero-order valence-electron chi connectivity index (χ0n) is 14.5. The summed E-state index contributed by atoms with van der Waals surface area (Å²) < 4.78 is 11.2. The Morgan fingerprint density at radius 2 is 1.46 bits per heavy atom. The molecular formula is C23H20O2S. The van der Waals surface area contributed by atoms with Crippen molar-refractivity contribution in [2.24, 2.45) is 0 Å². The van der Waals surface area contributed by atoms with E-state index in [1.165, 1.54) is 11.1 Å². The number of thioether (sulfide) groups is 1. The van der Waals surface area contributed by atoms with Gasteiger partial charge in [-0.2, -0.15) is 0 Å². The molecule has 0 saturated heterocycles. The van der Waals surface area contributed by atoms with Gasteiger partial charge in [-0.05, 0) is 52.9 Å². The van der Waals surface area contributed by atoms with Gasteiger partial charge >= 0.3 is 0 Å². The van der Waals surface area contributed by atoms with Crippen LogP contribution in [0.2, 0.25) is 0 Å². The molecule has 26 heavy (non-hydrogen) atoms. The SMILES string of the molecule is COc1ccc(Oc2cccc(C3SC=CC3c3ccccc3)c2)cc1. The molecule has 3 heteroatoms. The first-order chi connectivity index (χ1) is 12.8. The molecule has 0 aromatic heterocycles. The smallest absolute Gasteiger partial charge is 0.127 e. The number of rotatable bonds is 5. The summed E-state index contributed by atoms with van der Waals surface area (Å²) in [7, 11) is 1.66. The average molecular weight is 360 g/mol. The van der Waals surface area contributed by atoms with Crippen molar-refractivity contribution in [3.63, 3.8) is 0 Å². The Morgan fingerprint density at radius 1 is 0.731 bits per heavy atom. The zero-order chi connectivity index (χ0) is 17.8. The minimum atomic E-state index is 0.372. The number of hydrogen-bond acceptors (Lipinski definition) is 3. The molecule has 0 fully saturated rings. The molecule has 3 aromatic carbocycles. The first-order valence-electron chi connectivity index (χ1n) is 8.62. The largest absolute Gasteiger partial charge is 0.497 e. The van der Waals surface area contributed by atoms with Crippen LogP contribution in [0.25, 0.3) is 0 Å². The molecule has 1 aliphatic rings. The highest BCUT2D eigenvalue weighted by molar-refractivity contribution is 8.02. The van der Waals surface area contributed by atoms with Gasteiger partial charge in [0.15, 0.2) is 0 Å². The first-order valence-corrected chi connectivity index (χ1v) is 9.57. The van der Waals surface area contributed by atoms with E-state index in [4.69, 9.17) is 9.47 Å². The van der Waals surface area contributed by atoms with Crippen LogP contribution in [0.5, 0.6) is 17.2 Å². The summed E-state index contributed by atoms with van der Waals surface area (Å²) in [4.78, 5) is 0. The maximum Gasteiger partial charge on any atom is 0.127 e. The number of allylic oxidation sites excluding steroid dienone is 1. The molecule has 3 aromatic rings. The van der Waals surface area contributed by atoms with Crippen LogP contribution in [0, 0.1) is 0 Å². The third-order valence-corrected chi connectivity index (χ3v) is 5.68. The molecule has 0 N–H and O–H groups in total. The van der Waals surface area contributed by atoms with Crippen LogP contribution < -0.4 is 9.47 Å². The Kier molecular flexibility index (Phi) is 4.98. The number of hydrogen-bond donors (Lipinski definition) is 0. The van der Waals surface area contributed by atoms with Gasteiger partial charge in [0, 0.05) is 11.2 Å². The maximum atomic E-state index is 6.03. The van der Waals surface area contributed by atoms with Crippen molar-refractivity contribution in [3.8, 4) is 17.2 Å². The molecule has 1 heterocycles. The topological polar surface area (TPSA) is 18.5 Å². The molecule has 0 radical (unpaired) electrons. The van der Waals surface area contributed by atoms with E-state index in [0.717, 1.165) is 17.2 Å². The van der Waals surface area contributed by atoms with E-state index in [9.17, 15) is 0 Å². The second-order valence-corrected chi connectivity index (χ2v) is 7.22. The van der Waals surface area contributed by atoms with Crippen molar-refractivity contribution >= 4 is 11.8 Å². The van der Waals surface area contributed by atoms with Crippen molar-refractivity contribution < 1.29 is 9.47 Å². The van der Waals surface area contributed by atoms with Gasteiger partial charge in [0.2, 0.25) is 0 Å². The van der Waals surface area contributed by atoms with Crippen molar-refractivity contribution in [1.29, 1.82) is 0 Å². The van der Waals surface area contributed by atoms with Crippen LogP contribution >= 0.6 is 11.8 Å². The van der Waals surface area contributed by atoms with E-state index < -0.39 is 0 Å². The van der Waals surface area contributed by atoms with Crippen molar-refractivity contribution in [2.75, 3.05) is 7.11 Å². The first kappa shape index (κ1) is 16.8. The van der Waals surface area contributed by atoms with Gasteiger partial charge < -0.3 is 9.47 Å². The third kappa shape index (κ3) is 3.63. The van der Waals surface area contributed by atoms with Crippen LogP contribution in [0.4, 0.5) is 0 Å². The van der Waals surface area contributed by atoms with Gasteiger partial charge in [0.1, 0.15) is 17.2 Å². The van der Waals surface area contributed by atoms with Crippen LogP contribution in [-0.2, 0) is 0 Å². The number of benzene rings is 3. The van der Waals surface area contributed by atoms with Gasteiger partial charge in [0.05, 0.1) is 7.11 Å². The quantitative estimate of drug-likeness (QED) is 0.512. The summed E-state index contributed by atoms with van der Waals surface area (Å²) in [5.41, 5.74) is 2.63. The lowest BCUT2D eigenvalue weighted by Crippen LogP contribution is -2.02. The molecule has 0 bridgehead atoms. The molecule has 2 atom stereocenters. The standard InChI is InChI=1S/C23H20O2S/c1-24-19-10-12-20(13-11-19)25-21-9-5-8-18(16-21)23-22(14-15-26-23)17-6-3-2-4-7-17/h2-16,22-23H,1H3. The molecule has 0 aliphatic carbocycles. The highest BCUT2D eigenvalue weighted by atomic mass is 32.2. The summed E-state index contributed by atoms with van der Waals surface area (Å²) >= 11 is 1.87. The lowest BCUT2D eigenvalue weighted by Gasteiger charge is -2.20. The molecular weight excluding hydrogens is 340 g/mol. The van der Waals surface area contributed by atoms with Crippen LogP contribution in [0.1, 0.15) is 22.3 Å². The van der Waals surface area contributed by atoms with Crippen LogP contribution in [0.3, 0.4) is 0 Å². The summed E-state index contributed by atoms with van der Waals surface area (Å²) in [5, 5.41) is 2.58. The Balaban J connectivity index is 1.55. The third-order valence-electron chi connectivity index (χ3n) is 4.50. The Bertz CT molecular complexity index is 888. The highest BCUT2D eigenvalue weighted by Crippen LogP contribution is 2.48. The second-order valence-electron chi connectivity index (χ2n) is 6.17. The minimum Gasteiger partial charge on any atom is -0.497 e. The molecule has 130 valence electrons. The van der Waals surface area contributed by atoms with E-state index in [-0.39, 0.29) is 0 Å². The number of methoxy groups -OCH3 is 1. The predicted molar refractivity (Wildman–Crippen MR) is 108 cm³/mol.